The molecule has 1 aromatic rings. The highest BCUT2D eigenvalue weighted by Gasteiger charge is 2.35. The van der Waals surface area contributed by atoms with Crippen molar-refractivity contribution in [1.82, 2.24) is 19.7 Å². The average molecular weight is 417 g/mol. The highest BCUT2D eigenvalue weighted by atomic mass is 32.2. The fraction of sp³-hybridized carbons (Fsp3) is 0.682. The van der Waals surface area contributed by atoms with Gasteiger partial charge in [-0.2, -0.15) is 11.8 Å². The first-order chi connectivity index (χ1) is 14.2. The zero-order valence-corrected chi connectivity index (χ0v) is 18.0. The lowest BCUT2D eigenvalue weighted by Gasteiger charge is -2.41. The van der Waals surface area contributed by atoms with Gasteiger partial charge < -0.3 is 9.80 Å². The summed E-state index contributed by atoms with van der Waals surface area (Å²) < 4.78 is 0. The first-order valence-electron chi connectivity index (χ1n) is 11.0. The minimum atomic E-state index is -0.0423. The van der Waals surface area contributed by atoms with Gasteiger partial charge in [0.15, 0.2) is 0 Å². The number of pyridine rings is 1. The van der Waals surface area contributed by atoms with E-state index in [1.54, 1.807) is 6.20 Å². The maximum absolute atomic E-state index is 13.1. The minimum absolute atomic E-state index is 0.0423. The van der Waals surface area contributed by atoms with Gasteiger partial charge in [0, 0.05) is 81.5 Å². The third-order valence-corrected chi connectivity index (χ3v) is 7.49. The highest BCUT2D eigenvalue weighted by Crippen LogP contribution is 2.25. The summed E-state index contributed by atoms with van der Waals surface area (Å²) in [5.74, 6) is 2.87. The summed E-state index contributed by atoms with van der Waals surface area (Å²) in [7, 11) is 0. The molecule has 2 amide bonds. The topological polar surface area (TPSA) is 56.8 Å². The van der Waals surface area contributed by atoms with Crippen LogP contribution < -0.4 is 0 Å². The van der Waals surface area contributed by atoms with Crippen molar-refractivity contribution in [3.8, 4) is 0 Å². The van der Waals surface area contributed by atoms with E-state index < -0.39 is 0 Å². The molecule has 3 fully saturated rings. The van der Waals surface area contributed by atoms with Crippen LogP contribution in [0, 0.1) is 5.92 Å². The van der Waals surface area contributed by atoms with Crippen molar-refractivity contribution in [2.45, 2.75) is 38.1 Å². The molecule has 1 atom stereocenters. The maximum Gasteiger partial charge on any atom is 0.227 e. The Bertz CT molecular complexity index is 687. The van der Waals surface area contributed by atoms with Crippen LogP contribution in [0.25, 0.3) is 0 Å². The Morgan fingerprint density at radius 3 is 2.62 bits per heavy atom. The molecule has 1 unspecified atom stereocenters. The van der Waals surface area contributed by atoms with Crippen LogP contribution in [0.3, 0.4) is 0 Å². The predicted octanol–water partition coefficient (Wildman–Crippen LogP) is 1.90. The molecule has 4 heterocycles. The molecule has 0 saturated carbocycles. The van der Waals surface area contributed by atoms with Crippen molar-refractivity contribution >= 4 is 23.6 Å². The highest BCUT2D eigenvalue weighted by molar-refractivity contribution is 7.99. The lowest BCUT2D eigenvalue weighted by atomic mass is 9.94. The number of carbonyl (C=O) groups excluding carboxylic acids is 2. The van der Waals surface area contributed by atoms with Gasteiger partial charge in [0.1, 0.15) is 0 Å². The Labute approximate surface area is 178 Å². The molecular weight excluding hydrogens is 384 g/mol. The summed E-state index contributed by atoms with van der Waals surface area (Å²) in [5, 5.41) is 0. The molecule has 0 aromatic carbocycles. The fourth-order valence-corrected chi connectivity index (χ4v) is 5.71. The van der Waals surface area contributed by atoms with Crippen molar-refractivity contribution in [3.05, 3.63) is 30.1 Å². The molecule has 3 saturated heterocycles. The number of hydrogen-bond acceptors (Lipinski definition) is 5. The number of rotatable bonds is 5. The fourth-order valence-electron chi connectivity index (χ4n) is 4.78. The van der Waals surface area contributed by atoms with Gasteiger partial charge >= 0.3 is 0 Å². The van der Waals surface area contributed by atoms with Gasteiger partial charge in [0.2, 0.25) is 11.8 Å². The van der Waals surface area contributed by atoms with Crippen LogP contribution >= 0.6 is 11.8 Å². The molecule has 7 heteroatoms. The van der Waals surface area contributed by atoms with E-state index in [4.69, 9.17) is 0 Å². The van der Waals surface area contributed by atoms with Crippen molar-refractivity contribution in [3.63, 3.8) is 0 Å². The van der Waals surface area contributed by atoms with Gasteiger partial charge in [0.05, 0.1) is 5.92 Å². The van der Waals surface area contributed by atoms with Crippen LogP contribution in [0.2, 0.25) is 0 Å². The SMILES string of the molecule is O=C1CCC(C(=O)N2CCC(N3CCSCC3)CC2)CN1CCc1ccccn1. The number of carbonyl (C=O) groups is 2. The van der Waals surface area contributed by atoms with Crippen LogP contribution in [-0.2, 0) is 16.0 Å². The lowest BCUT2D eigenvalue weighted by Crippen LogP contribution is -2.52. The molecule has 0 spiro atoms. The third kappa shape index (κ3) is 5.31. The lowest BCUT2D eigenvalue weighted by molar-refractivity contribution is -0.144. The number of hydrogen-bond donors (Lipinski definition) is 0. The first-order valence-corrected chi connectivity index (χ1v) is 12.1. The Morgan fingerprint density at radius 1 is 1.10 bits per heavy atom. The molecule has 6 nitrogen and oxygen atoms in total. The van der Waals surface area contributed by atoms with E-state index in [0.717, 1.165) is 38.0 Å². The Morgan fingerprint density at radius 2 is 1.90 bits per heavy atom. The van der Waals surface area contributed by atoms with Crippen LogP contribution in [-0.4, -0.2) is 88.3 Å². The normalized spacial score (nSPS) is 24.7. The Hall–Kier alpha value is -1.60. The number of aromatic nitrogens is 1. The van der Waals surface area contributed by atoms with Crippen LogP contribution in [0.15, 0.2) is 24.4 Å². The number of likely N-dealkylation sites (tertiary alicyclic amines) is 2. The van der Waals surface area contributed by atoms with E-state index in [1.807, 2.05) is 34.9 Å². The van der Waals surface area contributed by atoms with Crippen molar-refractivity contribution in [1.29, 1.82) is 0 Å². The summed E-state index contributed by atoms with van der Waals surface area (Å²) >= 11 is 2.05. The summed E-state index contributed by atoms with van der Waals surface area (Å²) in [5.41, 5.74) is 0.993. The monoisotopic (exact) mass is 416 g/mol. The second kappa shape index (κ2) is 9.94. The van der Waals surface area contributed by atoms with Gasteiger partial charge in [-0.25, -0.2) is 0 Å². The van der Waals surface area contributed by atoms with Gasteiger partial charge in [-0.3, -0.25) is 19.5 Å². The molecule has 0 N–H and O–H groups in total. The van der Waals surface area contributed by atoms with E-state index in [9.17, 15) is 9.59 Å². The van der Waals surface area contributed by atoms with Crippen LogP contribution in [0.5, 0.6) is 0 Å². The molecule has 0 bridgehead atoms. The van der Waals surface area contributed by atoms with E-state index >= 15 is 0 Å². The molecule has 158 valence electrons. The molecular formula is C22H32N4O2S. The van der Waals surface area contributed by atoms with E-state index in [2.05, 4.69) is 14.8 Å². The smallest absolute Gasteiger partial charge is 0.227 e. The summed E-state index contributed by atoms with van der Waals surface area (Å²) in [6, 6.07) is 6.50. The van der Waals surface area contributed by atoms with Gasteiger partial charge in [0.25, 0.3) is 0 Å². The second-order valence-electron chi connectivity index (χ2n) is 8.35. The van der Waals surface area contributed by atoms with E-state index in [1.165, 1.54) is 24.6 Å². The number of thioether (sulfide) groups is 1. The van der Waals surface area contributed by atoms with Gasteiger partial charge in [-0.1, -0.05) is 6.07 Å². The van der Waals surface area contributed by atoms with Crippen LogP contribution in [0.4, 0.5) is 0 Å². The number of piperidine rings is 2. The Kier molecular flexibility index (Phi) is 7.08. The molecule has 0 aliphatic carbocycles. The van der Waals surface area contributed by atoms with Crippen molar-refractivity contribution in [2.75, 3.05) is 50.8 Å². The Balaban J connectivity index is 1.26. The average Bonchev–Trinajstić information content (AvgIpc) is 2.79. The maximum atomic E-state index is 13.1. The van der Waals surface area contributed by atoms with Crippen LogP contribution in [0.1, 0.15) is 31.4 Å². The second-order valence-corrected chi connectivity index (χ2v) is 9.58. The summed E-state index contributed by atoms with van der Waals surface area (Å²) in [6.45, 7) is 5.33. The molecule has 3 aliphatic heterocycles. The van der Waals surface area contributed by atoms with E-state index in [-0.39, 0.29) is 17.7 Å². The number of amides is 2. The largest absolute Gasteiger partial charge is 0.342 e. The van der Waals surface area contributed by atoms with Gasteiger partial charge in [-0.15, -0.1) is 0 Å². The molecule has 3 aliphatic rings. The third-order valence-electron chi connectivity index (χ3n) is 6.55. The predicted molar refractivity (Wildman–Crippen MR) is 116 cm³/mol. The standard InChI is InChI=1S/C22H32N4O2S/c27-21-5-4-18(17-26(21)10-6-19-3-1-2-9-23-19)22(28)25-11-7-20(8-12-25)24-13-15-29-16-14-24/h1-3,9,18,20H,4-8,10-17H2. The molecule has 0 radical (unpaired) electrons. The van der Waals surface area contributed by atoms with Gasteiger partial charge in [-0.05, 0) is 31.4 Å². The summed E-state index contributed by atoms with van der Waals surface area (Å²) in [4.78, 5) is 36.4. The zero-order valence-electron chi connectivity index (χ0n) is 17.2. The van der Waals surface area contributed by atoms with Crippen molar-refractivity contribution < 1.29 is 9.59 Å². The molecule has 29 heavy (non-hydrogen) atoms. The molecule has 4 rings (SSSR count). The minimum Gasteiger partial charge on any atom is -0.342 e. The van der Waals surface area contributed by atoms with E-state index in [0.29, 0.717) is 32.0 Å². The molecule has 1 aromatic heterocycles. The van der Waals surface area contributed by atoms with Crippen molar-refractivity contribution in [2.24, 2.45) is 5.92 Å². The quantitative estimate of drug-likeness (QED) is 0.734. The first kappa shape index (κ1) is 20.7. The number of nitrogens with zero attached hydrogens (tertiary/aromatic N) is 4. The zero-order chi connectivity index (χ0) is 20.1. The summed E-state index contributed by atoms with van der Waals surface area (Å²) in [6.07, 6.45) is 5.89.